The van der Waals surface area contributed by atoms with Crippen molar-refractivity contribution < 1.29 is 19.1 Å². The maximum absolute atomic E-state index is 12.8. The van der Waals surface area contributed by atoms with Crippen LogP contribution in [0.3, 0.4) is 0 Å². The van der Waals surface area contributed by atoms with Gasteiger partial charge in [0.05, 0.1) is 0 Å². The van der Waals surface area contributed by atoms with Gasteiger partial charge in [0.1, 0.15) is 13.2 Å². The molecule has 0 fully saturated rings. The van der Waals surface area contributed by atoms with Gasteiger partial charge in [-0.1, -0.05) is 84.9 Å². The first-order valence-electron chi connectivity index (χ1n) is 13.4. The zero-order valence-electron chi connectivity index (χ0n) is 22.8. The lowest BCUT2D eigenvalue weighted by atomic mass is 9.77. The molecule has 0 radical (unpaired) electrons. The fraction of sp³-hybridized carbons (Fsp3) is 0.143. The summed E-state index contributed by atoms with van der Waals surface area (Å²) in [5, 5.41) is 0. The van der Waals surface area contributed by atoms with Gasteiger partial charge < -0.3 is 20.9 Å². The maximum Gasteiger partial charge on any atom is 0.330 e. The Hall–Kier alpha value is -5.10. The fourth-order valence-corrected chi connectivity index (χ4v) is 4.45. The first-order chi connectivity index (χ1) is 19.9. The number of nitrogens with two attached hydrogens (primary N) is 2. The zero-order chi connectivity index (χ0) is 28.9. The van der Waals surface area contributed by atoms with E-state index in [2.05, 4.69) is 0 Å². The third-order valence-electron chi connectivity index (χ3n) is 6.58. The Kier molecular flexibility index (Phi) is 10.1. The van der Waals surface area contributed by atoms with Crippen molar-refractivity contribution in [3.63, 3.8) is 0 Å². The van der Waals surface area contributed by atoms with Gasteiger partial charge >= 0.3 is 11.9 Å². The third kappa shape index (κ3) is 9.55. The lowest BCUT2D eigenvalue weighted by molar-refractivity contribution is -0.148. The summed E-state index contributed by atoms with van der Waals surface area (Å²) in [6.45, 7) is 0.0464. The van der Waals surface area contributed by atoms with Gasteiger partial charge in [-0.3, -0.25) is 0 Å². The average molecular weight is 547 g/mol. The molecule has 0 saturated carbocycles. The van der Waals surface area contributed by atoms with Crippen molar-refractivity contribution in [2.75, 3.05) is 24.7 Å². The number of nitrogen functional groups attached to an aromatic ring is 2. The molecule has 0 amide bonds. The molecule has 0 aliphatic rings. The zero-order valence-corrected chi connectivity index (χ0v) is 22.8. The van der Waals surface area contributed by atoms with E-state index in [1.165, 1.54) is 12.2 Å². The van der Waals surface area contributed by atoms with E-state index in [9.17, 15) is 9.59 Å². The van der Waals surface area contributed by atoms with Gasteiger partial charge in [0.25, 0.3) is 0 Å². The molecule has 0 saturated heterocycles. The molecule has 208 valence electrons. The third-order valence-corrected chi connectivity index (χ3v) is 6.58. The molecule has 41 heavy (non-hydrogen) atoms. The summed E-state index contributed by atoms with van der Waals surface area (Å²) < 4.78 is 11.6. The van der Waals surface area contributed by atoms with Gasteiger partial charge in [-0.2, -0.15) is 0 Å². The van der Waals surface area contributed by atoms with Crippen LogP contribution in [-0.2, 0) is 31.9 Å². The largest absolute Gasteiger partial charge is 0.462 e. The first-order valence-corrected chi connectivity index (χ1v) is 13.4. The molecule has 6 nitrogen and oxygen atoms in total. The minimum atomic E-state index is -0.765. The number of ether oxygens (including phenoxy) is 2. The number of rotatable bonds is 12. The maximum atomic E-state index is 12.8. The van der Waals surface area contributed by atoms with Crippen LogP contribution in [0.1, 0.15) is 22.3 Å². The first kappa shape index (κ1) is 28.9. The Morgan fingerprint density at radius 1 is 0.561 bits per heavy atom. The van der Waals surface area contributed by atoms with Crippen molar-refractivity contribution in [1.29, 1.82) is 0 Å². The number of carbonyl (C=O) groups excluding carboxylic acids is 2. The van der Waals surface area contributed by atoms with E-state index in [-0.39, 0.29) is 13.2 Å². The Morgan fingerprint density at radius 3 is 1.29 bits per heavy atom. The summed E-state index contributed by atoms with van der Waals surface area (Å²) in [5.41, 5.74) is 16.1. The van der Waals surface area contributed by atoms with Gasteiger partial charge in [0.2, 0.25) is 0 Å². The van der Waals surface area contributed by atoms with Gasteiger partial charge in [-0.05, 0) is 71.5 Å². The van der Waals surface area contributed by atoms with Crippen molar-refractivity contribution >= 4 is 35.5 Å². The van der Waals surface area contributed by atoms with Crippen LogP contribution in [0.2, 0.25) is 0 Å². The van der Waals surface area contributed by atoms with Crippen molar-refractivity contribution in [2.45, 2.75) is 12.8 Å². The van der Waals surface area contributed by atoms with Crippen LogP contribution in [0.4, 0.5) is 11.4 Å². The molecule has 0 spiro atoms. The Bertz CT molecular complexity index is 1350. The van der Waals surface area contributed by atoms with Crippen molar-refractivity contribution in [1.82, 2.24) is 0 Å². The molecule has 0 atom stereocenters. The highest BCUT2D eigenvalue weighted by molar-refractivity contribution is 5.87. The molecular weight excluding hydrogens is 512 g/mol. The molecule has 0 aliphatic carbocycles. The molecule has 0 heterocycles. The second-order valence-electron chi connectivity index (χ2n) is 10.0. The summed E-state index contributed by atoms with van der Waals surface area (Å²) in [5.74, 6) is -0.966. The van der Waals surface area contributed by atoms with Crippen molar-refractivity contribution in [3.8, 4) is 0 Å². The van der Waals surface area contributed by atoms with E-state index >= 15 is 0 Å². The van der Waals surface area contributed by atoms with E-state index in [1.54, 1.807) is 12.2 Å². The summed E-state index contributed by atoms with van der Waals surface area (Å²) in [4.78, 5) is 25.6. The fourth-order valence-electron chi connectivity index (χ4n) is 4.45. The van der Waals surface area contributed by atoms with Crippen LogP contribution in [0.5, 0.6) is 0 Å². The molecule has 0 aromatic heterocycles. The summed E-state index contributed by atoms with van der Waals surface area (Å²) in [7, 11) is 0. The standard InChI is InChI=1S/C35H34N2O4/c36-31-17-11-29(12-18-31)23-35(24-30-13-19-32(37)20-14-30,25-40-33(38)21-15-27-7-3-1-4-8-27)26-41-34(39)22-16-28-9-5-2-6-10-28/h1-22H,23-26,36-37H2. The molecule has 6 heteroatoms. The van der Waals surface area contributed by atoms with Crippen LogP contribution in [0.25, 0.3) is 12.2 Å². The summed E-state index contributed by atoms with van der Waals surface area (Å²) in [6, 6.07) is 34.1. The van der Waals surface area contributed by atoms with Crippen LogP contribution in [-0.4, -0.2) is 25.2 Å². The lowest BCUT2D eigenvalue weighted by Gasteiger charge is -2.33. The number of benzene rings is 4. The smallest absolute Gasteiger partial charge is 0.330 e. The van der Waals surface area contributed by atoms with E-state index < -0.39 is 17.4 Å². The number of hydrogen-bond acceptors (Lipinski definition) is 6. The Balaban J connectivity index is 1.58. The predicted octanol–water partition coefficient (Wildman–Crippen LogP) is 6.14. The number of anilines is 2. The summed E-state index contributed by atoms with van der Waals surface area (Å²) >= 11 is 0. The van der Waals surface area contributed by atoms with Gasteiger partial charge in [-0.25, -0.2) is 9.59 Å². The number of carbonyl (C=O) groups is 2. The SMILES string of the molecule is Nc1ccc(CC(COC(=O)C=Cc2ccccc2)(COC(=O)C=Cc2ccccc2)Cc2ccc(N)cc2)cc1. The number of esters is 2. The van der Waals surface area contributed by atoms with Crippen molar-refractivity contribution in [2.24, 2.45) is 5.41 Å². The molecule has 4 aromatic rings. The van der Waals surface area contributed by atoms with Gasteiger partial charge in [-0.15, -0.1) is 0 Å². The van der Waals surface area contributed by atoms with Crippen LogP contribution < -0.4 is 11.5 Å². The Morgan fingerprint density at radius 2 is 0.927 bits per heavy atom. The average Bonchev–Trinajstić information content (AvgIpc) is 3.00. The van der Waals surface area contributed by atoms with E-state index in [1.807, 2.05) is 109 Å². The second-order valence-corrected chi connectivity index (χ2v) is 10.0. The molecule has 0 unspecified atom stereocenters. The van der Waals surface area contributed by atoms with Crippen LogP contribution >= 0.6 is 0 Å². The normalized spacial score (nSPS) is 11.5. The minimum Gasteiger partial charge on any atom is -0.462 e. The highest BCUT2D eigenvalue weighted by Crippen LogP contribution is 2.31. The van der Waals surface area contributed by atoms with E-state index in [4.69, 9.17) is 20.9 Å². The lowest BCUT2D eigenvalue weighted by Crippen LogP contribution is -2.38. The van der Waals surface area contributed by atoms with Gasteiger partial charge in [0.15, 0.2) is 0 Å². The molecule has 4 rings (SSSR count). The van der Waals surface area contributed by atoms with Crippen LogP contribution in [0, 0.1) is 5.41 Å². The molecular formula is C35H34N2O4. The molecule has 4 aromatic carbocycles. The highest BCUT2D eigenvalue weighted by atomic mass is 16.5. The monoisotopic (exact) mass is 546 g/mol. The molecule has 4 N–H and O–H groups in total. The quantitative estimate of drug-likeness (QED) is 0.126. The summed E-state index contributed by atoms with van der Waals surface area (Å²) in [6.07, 6.45) is 7.17. The van der Waals surface area contributed by atoms with Crippen molar-refractivity contribution in [3.05, 3.63) is 144 Å². The predicted molar refractivity (Wildman–Crippen MR) is 164 cm³/mol. The van der Waals surface area contributed by atoms with E-state index in [0.717, 1.165) is 22.3 Å². The number of hydrogen-bond donors (Lipinski definition) is 2. The van der Waals surface area contributed by atoms with Crippen LogP contribution in [0.15, 0.2) is 121 Å². The topological polar surface area (TPSA) is 105 Å². The minimum absolute atomic E-state index is 0.0232. The Labute approximate surface area is 240 Å². The van der Waals surface area contributed by atoms with Gasteiger partial charge in [0, 0.05) is 28.9 Å². The molecule has 0 aliphatic heterocycles. The second kappa shape index (κ2) is 14.3. The van der Waals surface area contributed by atoms with E-state index in [0.29, 0.717) is 24.2 Å². The molecule has 0 bridgehead atoms. The highest BCUT2D eigenvalue weighted by Gasteiger charge is 2.34.